The molecule has 1 N–H and O–H groups in total. The maximum absolute atomic E-state index is 3.89. The Balaban J connectivity index is 1.68. The summed E-state index contributed by atoms with van der Waals surface area (Å²) in [6.45, 7) is 7.34. The predicted molar refractivity (Wildman–Crippen MR) is 84.9 cm³/mol. The van der Waals surface area contributed by atoms with E-state index < -0.39 is 0 Å². The second-order valence-corrected chi connectivity index (χ2v) is 8.27. The van der Waals surface area contributed by atoms with E-state index in [4.69, 9.17) is 0 Å². The molecule has 1 heterocycles. The third kappa shape index (κ3) is 2.84. The van der Waals surface area contributed by atoms with Crippen LogP contribution in [0.15, 0.2) is 0 Å². The fourth-order valence-electron chi connectivity index (χ4n) is 4.27. The van der Waals surface area contributed by atoms with Gasteiger partial charge in [0.15, 0.2) is 0 Å². The highest BCUT2D eigenvalue weighted by molar-refractivity contribution is 7.99. The van der Waals surface area contributed by atoms with Gasteiger partial charge in [0, 0.05) is 36.0 Å². The average Bonchev–Trinajstić information content (AvgIpc) is 3.18. The molecule has 110 valence electrons. The molecule has 0 spiro atoms. The first-order chi connectivity index (χ1) is 9.16. The molecular weight excluding hydrogens is 252 g/mol. The molecule has 1 aliphatic heterocycles. The molecule has 3 rings (SSSR count). The fraction of sp³-hybridized carbons (Fsp3) is 1.00. The molecule has 2 nitrogen and oxygen atoms in total. The maximum atomic E-state index is 3.89. The number of rotatable bonds is 4. The van der Waals surface area contributed by atoms with Crippen molar-refractivity contribution in [3.05, 3.63) is 0 Å². The van der Waals surface area contributed by atoms with E-state index in [-0.39, 0.29) is 0 Å². The molecule has 0 radical (unpaired) electrons. The number of piperazine rings is 1. The molecule has 2 aliphatic carbocycles. The normalized spacial score (nSPS) is 44.7. The highest BCUT2D eigenvalue weighted by Gasteiger charge is 2.47. The molecule has 4 atom stereocenters. The van der Waals surface area contributed by atoms with Crippen LogP contribution in [-0.4, -0.2) is 47.1 Å². The Morgan fingerprint density at radius 3 is 2.63 bits per heavy atom. The summed E-state index contributed by atoms with van der Waals surface area (Å²) in [5, 5.41) is 4.81. The quantitative estimate of drug-likeness (QED) is 0.853. The highest BCUT2D eigenvalue weighted by Crippen LogP contribution is 2.43. The second kappa shape index (κ2) is 5.57. The fourth-order valence-corrected chi connectivity index (χ4v) is 5.05. The van der Waals surface area contributed by atoms with Crippen LogP contribution >= 0.6 is 11.8 Å². The van der Waals surface area contributed by atoms with Gasteiger partial charge in [-0.05, 0) is 57.6 Å². The summed E-state index contributed by atoms with van der Waals surface area (Å²) in [5.41, 5.74) is 0.406. The van der Waals surface area contributed by atoms with Gasteiger partial charge in [0.1, 0.15) is 0 Å². The van der Waals surface area contributed by atoms with Crippen LogP contribution in [-0.2, 0) is 0 Å². The summed E-state index contributed by atoms with van der Waals surface area (Å²) in [5.74, 6) is 0.950. The number of hydrogen-bond acceptors (Lipinski definition) is 3. The third-order valence-corrected chi connectivity index (χ3v) is 6.93. The van der Waals surface area contributed by atoms with Crippen molar-refractivity contribution in [3.63, 3.8) is 0 Å². The van der Waals surface area contributed by atoms with E-state index in [9.17, 15) is 0 Å². The molecule has 0 aromatic rings. The topological polar surface area (TPSA) is 15.3 Å². The molecule has 1 saturated heterocycles. The Bertz CT molecular complexity index is 318. The van der Waals surface area contributed by atoms with E-state index in [0.717, 1.165) is 23.3 Å². The van der Waals surface area contributed by atoms with Crippen LogP contribution in [0.1, 0.15) is 52.4 Å². The van der Waals surface area contributed by atoms with Gasteiger partial charge >= 0.3 is 0 Å². The van der Waals surface area contributed by atoms with Crippen LogP contribution in [0, 0.1) is 5.92 Å². The van der Waals surface area contributed by atoms with Crippen LogP contribution in [0.25, 0.3) is 0 Å². The zero-order valence-electron chi connectivity index (χ0n) is 12.8. The van der Waals surface area contributed by atoms with E-state index >= 15 is 0 Å². The van der Waals surface area contributed by atoms with Gasteiger partial charge in [-0.25, -0.2) is 0 Å². The van der Waals surface area contributed by atoms with Crippen molar-refractivity contribution >= 4 is 11.8 Å². The zero-order chi connectivity index (χ0) is 13.5. The smallest absolute Gasteiger partial charge is 0.0309 e. The van der Waals surface area contributed by atoms with Gasteiger partial charge in [-0.15, -0.1) is 0 Å². The van der Waals surface area contributed by atoms with Gasteiger partial charge in [-0.2, -0.15) is 11.8 Å². The molecule has 3 fully saturated rings. The summed E-state index contributed by atoms with van der Waals surface area (Å²) >= 11 is 2.09. The summed E-state index contributed by atoms with van der Waals surface area (Å²) < 4.78 is 0. The minimum absolute atomic E-state index is 0.406. The van der Waals surface area contributed by atoms with Crippen molar-refractivity contribution in [2.45, 2.75) is 75.2 Å². The Kier molecular flexibility index (Phi) is 4.17. The van der Waals surface area contributed by atoms with Gasteiger partial charge in [0.05, 0.1) is 0 Å². The van der Waals surface area contributed by atoms with Crippen molar-refractivity contribution in [1.82, 2.24) is 10.2 Å². The van der Waals surface area contributed by atoms with Crippen LogP contribution < -0.4 is 5.32 Å². The SMILES string of the molecule is CCC1CNC(C)(C2CC2)CN1C1CCC(SC)C1. The number of nitrogens with one attached hydrogen (secondary N) is 1. The molecule has 0 amide bonds. The van der Waals surface area contributed by atoms with Gasteiger partial charge < -0.3 is 5.32 Å². The van der Waals surface area contributed by atoms with Crippen molar-refractivity contribution in [3.8, 4) is 0 Å². The molecule has 3 aliphatic rings. The van der Waals surface area contributed by atoms with Gasteiger partial charge in [0.25, 0.3) is 0 Å². The van der Waals surface area contributed by atoms with Crippen LogP contribution in [0.5, 0.6) is 0 Å². The first kappa shape index (κ1) is 14.2. The van der Waals surface area contributed by atoms with Crippen LogP contribution in [0.3, 0.4) is 0 Å². The maximum Gasteiger partial charge on any atom is 0.0309 e. The summed E-state index contributed by atoms with van der Waals surface area (Å²) in [6.07, 6.45) is 10.8. The molecule has 3 heteroatoms. The summed E-state index contributed by atoms with van der Waals surface area (Å²) in [7, 11) is 0. The van der Waals surface area contributed by atoms with E-state index in [0.29, 0.717) is 5.54 Å². The van der Waals surface area contributed by atoms with E-state index in [1.54, 1.807) is 0 Å². The summed E-state index contributed by atoms with van der Waals surface area (Å²) in [4.78, 5) is 2.89. The average molecular weight is 282 g/mol. The van der Waals surface area contributed by atoms with Crippen molar-refractivity contribution in [1.29, 1.82) is 0 Å². The molecule has 2 saturated carbocycles. The van der Waals surface area contributed by atoms with E-state index in [1.165, 1.54) is 51.6 Å². The van der Waals surface area contributed by atoms with Crippen molar-refractivity contribution in [2.24, 2.45) is 5.92 Å². The minimum atomic E-state index is 0.406. The standard InChI is InChI=1S/C16H30N2S/c1-4-13-10-17-16(2,12-5-6-12)11-18(13)14-7-8-15(9-14)19-3/h12-15,17H,4-11H2,1-3H3. The predicted octanol–water partition coefficient (Wildman–Crippen LogP) is 3.12. The first-order valence-electron chi connectivity index (χ1n) is 8.20. The van der Waals surface area contributed by atoms with Gasteiger partial charge in [-0.3, -0.25) is 4.90 Å². The lowest BCUT2D eigenvalue weighted by Gasteiger charge is -2.49. The van der Waals surface area contributed by atoms with Gasteiger partial charge in [-0.1, -0.05) is 6.92 Å². The Morgan fingerprint density at radius 1 is 1.26 bits per heavy atom. The van der Waals surface area contributed by atoms with Gasteiger partial charge in [0.2, 0.25) is 0 Å². The van der Waals surface area contributed by atoms with E-state index in [1.807, 2.05) is 0 Å². The van der Waals surface area contributed by atoms with Crippen molar-refractivity contribution in [2.75, 3.05) is 19.3 Å². The Labute approximate surface area is 123 Å². The molecule has 4 unspecified atom stereocenters. The molecule has 0 aromatic carbocycles. The Morgan fingerprint density at radius 2 is 2.05 bits per heavy atom. The molecule has 0 bridgehead atoms. The minimum Gasteiger partial charge on any atom is -0.308 e. The van der Waals surface area contributed by atoms with Crippen molar-refractivity contribution < 1.29 is 0 Å². The largest absolute Gasteiger partial charge is 0.308 e. The molecular formula is C16H30N2S. The second-order valence-electron chi connectivity index (χ2n) is 7.13. The number of hydrogen-bond donors (Lipinski definition) is 1. The third-order valence-electron chi connectivity index (χ3n) is 5.83. The summed E-state index contributed by atoms with van der Waals surface area (Å²) in [6, 6.07) is 1.64. The van der Waals surface area contributed by atoms with Crippen LogP contribution in [0.4, 0.5) is 0 Å². The monoisotopic (exact) mass is 282 g/mol. The lowest BCUT2D eigenvalue weighted by Crippen LogP contribution is -2.65. The molecule has 0 aromatic heterocycles. The first-order valence-corrected chi connectivity index (χ1v) is 9.48. The number of thioether (sulfide) groups is 1. The lowest BCUT2D eigenvalue weighted by atomic mass is 9.89. The number of nitrogens with zero attached hydrogens (tertiary/aromatic N) is 1. The zero-order valence-corrected chi connectivity index (χ0v) is 13.6. The Hall–Kier alpha value is 0.270. The highest BCUT2D eigenvalue weighted by atomic mass is 32.2. The van der Waals surface area contributed by atoms with E-state index in [2.05, 4.69) is 42.1 Å². The molecule has 19 heavy (non-hydrogen) atoms. The lowest BCUT2D eigenvalue weighted by molar-refractivity contribution is 0.0387. The van der Waals surface area contributed by atoms with Crippen LogP contribution in [0.2, 0.25) is 0 Å².